The van der Waals surface area contributed by atoms with E-state index in [4.69, 9.17) is 9.47 Å². The zero-order chi connectivity index (χ0) is 19.3. The molecule has 2 aliphatic heterocycles. The minimum absolute atomic E-state index is 0.0314. The van der Waals surface area contributed by atoms with E-state index >= 15 is 0 Å². The predicted octanol–water partition coefficient (Wildman–Crippen LogP) is -0.812. The number of ether oxygens (including phenoxy) is 2. The van der Waals surface area contributed by atoms with E-state index in [1.54, 1.807) is 0 Å². The van der Waals surface area contributed by atoms with Gasteiger partial charge in [0.15, 0.2) is 5.78 Å². The maximum Gasteiger partial charge on any atom is 0.356 e. The number of hydrogen-bond donors (Lipinski definition) is 2. The van der Waals surface area contributed by atoms with Crippen molar-refractivity contribution in [2.45, 2.75) is 43.5 Å². The number of aliphatic hydroxyl groups excluding tert-OH is 1. The van der Waals surface area contributed by atoms with Gasteiger partial charge in [-0.25, -0.2) is 4.79 Å². The molecule has 4 unspecified atom stereocenters. The second-order valence-corrected chi connectivity index (χ2v) is 6.99. The minimum Gasteiger partial charge on any atom is -0.458 e. The molecule has 0 spiro atoms. The number of nitrogens with one attached hydrogen (secondary N) is 1. The fourth-order valence-corrected chi connectivity index (χ4v) is 3.97. The third-order valence-corrected chi connectivity index (χ3v) is 5.23. The molecule has 0 saturated carbocycles. The summed E-state index contributed by atoms with van der Waals surface area (Å²) < 4.78 is 10.1. The number of rotatable bonds is 9. The Balaban J connectivity index is 2.01. The number of carbonyl (C=O) groups is 4. The van der Waals surface area contributed by atoms with Gasteiger partial charge in [-0.15, -0.1) is 11.8 Å². The van der Waals surface area contributed by atoms with Crippen LogP contribution in [0.5, 0.6) is 0 Å². The monoisotopic (exact) mass is 386 g/mol. The van der Waals surface area contributed by atoms with Gasteiger partial charge in [-0.3, -0.25) is 19.3 Å². The van der Waals surface area contributed by atoms with Crippen molar-refractivity contribution in [1.29, 1.82) is 0 Å². The molecular weight excluding hydrogens is 364 g/mol. The van der Waals surface area contributed by atoms with E-state index in [-0.39, 0.29) is 18.1 Å². The second kappa shape index (κ2) is 9.15. The summed E-state index contributed by atoms with van der Waals surface area (Å²) in [6.45, 7) is 5.08. The SMILES string of the molecule is C=CCOC(=O)C(O)N1C(=O)C(NC(C)=O)C1SCC(=O)C1CCCO1. The van der Waals surface area contributed by atoms with Crippen LogP contribution in [0.4, 0.5) is 0 Å². The van der Waals surface area contributed by atoms with Crippen molar-refractivity contribution in [1.82, 2.24) is 10.2 Å². The van der Waals surface area contributed by atoms with Crippen molar-refractivity contribution in [3.05, 3.63) is 12.7 Å². The highest BCUT2D eigenvalue weighted by Crippen LogP contribution is 2.32. The van der Waals surface area contributed by atoms with Gasteiger partial charge >= 0.3 is 5.97 Å². The molecule has 0 aliphatic carbocycles. The van der Waals surface area contributed by atoms with E-state index < -0.39 is 41.5 Å². The summed E-state index contributed by atoms with van der Waals surface area (Å²) in [7, 11) is 0. The number of aliphatic hydroxyl groups is 1. The van der Waals surface area contributed by atoms with E-state index in [1.807, 2.05) is 0 Å². The quantitative estimate of drug-likeness (QED) is 0.300. The average Bonchev–Trinajstić information content (AvgIpc) is 3.14. The Morgan fingerprint density at radius 3 is 2.85 bits per heavy atom. The molecule has 2 fully saturated rings. The van der Waals surface area contributed by atoms with Crippen molar-refractivity contribution in [3.63, 3.8) is 0 Å². The van der Waals surface area contributed by atoms with Crippen molar-refractivity contribution in [2.24, 2.45) is 0 Å². The molecule has 0 bridgehead atoms. The maximum absolute atomic E-state index is 12.2. The minimum atomic E-state index is -1.82. The Morgan fingerprint density at radius 2 is 2.27 bits per heavy atom. The fraction of sp³-hybridized carbons (Fsp3) is 0.625. The molecule has 2 N–H and O–H groups in total. The van der Waals surface area contributed by atoms with Crippen LogP contribution >= 0.6 is 11.8 Å². The van der Waals surface area contributed by atoms with Crippen LogP contribution in [0.2, 0.25) is 0 Å². The fourth-order valence-electron chi connectivity index (χ4n) is 2.70. The Morgan fingerprint density at radius 1 is 1.54 bits per heavy atom. The number of esters is 1. The van der Waals surface area contributed by atoms with Crippen LogP contribution in [0.15, 0.2) is 12.7 Å². The van der Waals surface area contributed by atoms with E-state index in [0.29, 0.717) is 13.0 Å². The van der Waals surface area contributed by atoms with Crippen molar-refractivity contribution < 1.29 is 33.8 Å². The third kappa shape index (κ3) is 4.63. The van der Waals surface area contributed by atoms with Crippen LogP contribution in [0.3, 0.4) is 0 Å². The molecule has 0 aromatic rings. The maximum atomic E-state index is 12.2. The molecule has 9 nitrogen and oxygen atoms in total. The number of hydrogen-bond acceptors (Lipinski definition) is 8. The normalized spacial score (nSPS) is 26.0. The van der Waals surface area contributed by atoms with Gasteiger partial charge in [-0.2, -0.15) is 0 Å². The second-order valence-electron chi connectivity index (χ2n) is 5.89. The number of carbonyl (C=O) groups excluding carboxylic acids is 4. The number of thioether (sulfide) groups is 1. The highest BCUT2D eigenvalue weighted by molar-refractivity contribution is 8.00. The lowest BCUT2D eigenvalue weighted by molar-refractivity contribution is -0.181. The number of β-lactam (4-membered cyclic amide) rings is 1. The number of Topliss-reactive ketones (excluding diaryl/α,β-unsaturated/α-hetero) is 1. The van der Waals surface area contributed by atoms with Gasteiger partial charge in [0.1, 0.15) is 24.1 Å². The topological polar surface area (TPSA) is 122 Å². The van der Waals surface area contributed by atoms with E-state index in [0.717, 1.165) is 23.1 Å². The zero-order valence-corrected chi connectivity index (χ0v) is 15.2. The first-order valence-electron chi connectivity index (χ1n) is 8.17. The van der Waals surface area contributed by atoms with Crippen LogP contribution in [0.1, 0.15) is 19.8 Å². The molecule has 0 aromatic carbocycles. The lowest BCUT2D eigenvalue weighted by Crippen LogP contribution is -2.73. The van der Waals surface area contributed by atoms with Crippen LogP contribution in [-0.4, -0.2) is 76.3 Å². The van der Waals surface area contributed by atoms with Crippen molar-refractivity contribution >= 4 is 35.3 Å². The highest BCUT2D eigenvalue weighted by atomic mass is 32.2. The average molecular weight is 386 g/mol. The third-order valence-electron chi connectivity index (χ3n) is 3.94. The first-order chi connectivity index (χ1) is 12.4. The lowest BCUT2D eigenvalue weighted by Gasteiger charge is -2.47. The highest BCUT2D eigenvalue weighted by Gasteiger charge is 2.53. The molecular formula is C16H22N2O7S. The summed E-state index contributed by atoms with van der Waals surface area (Å²) in [6.07, 6.45) is 0.515. The number of amides is 2. The number of likely N-dealkylation sites (tertiary alicyclic amines) is 1. The van der Waals surface area contributed by atoms with E-state index in [2.05, 4.69) is 11.9 Å². The smallest absolute Gasteiger partial charge is 0.356 e. The molecule has 144 valence electrons. The largest absolute Gasteiger partial charge is 0.458 e. The molecule has 2 aliphatic rings. The van der Waals surface area contributed by atoms with Crippen LogP contribution < -0.4 is 5.32 Å². The van der Waals surface area contributed by atoms with Crippen LogP contribution in [-0.2, 0) is 28.7 Å². The van der Waals surface area contributed by atoms with E-state index in [9.17, 15) is 24.3 Å². The van der Waals surface area contributed by atoms with Gasteiger partial charge in [-0.1, -0.05) is 12.7 Å². The van der Waals surface area contributed by atoms with Gasteiger partial charge in [0.05, 0.1) is 5.75 Å². The zero-order valence-electron chi connectivity index (χ0n) is 14.4. The molecule has 2 amide bonds. The van der Waals surface area contributed by atoms with Gasteiger partial charge in [0.2, 0.25) is 12.1 Å². The summed E-state index contributed by atoms with van der Waals surface area (Å²) in [5.74, 6) is -2.15. The Kier molecular flexibility index (Phi) is 7.18. The molecule has 2 heterocycles. The van der Waals surface area contributed by atoms with Gasteiger partial charge in [0, 0.05) is 13.5 Å². The lowest BCUT2D eigenvalue weighted by atomic mass is 10.1. The van der Waals surface area contributed by atoms with Gasteiger partial charge in [-0.05, 0) is 12.8 Å². The Bertz CT molecular complexity index is 591. The van der Waals surface area contributed by atoms with Gasteiger partial charge < -0.3 is 19.9 Å². The molecule has 0 aromatic heterocycles. The number of ketones is 1. The molecule has 2 rings (SSSR count). The summed E-state index contributed by atoms with van der Waals surface area (Å²) in [5, 5.41) is 11.8. The molecule has 10 heteroatoms. The molecule has 4 atom stereocenters. The van der Waals surface area contributed by atoms with Gasteiger partial charge in [0.25, 0.3) is 5.91 Å². The molecule has 0 radical (unpaired) electrons. The summed E-state index contributed by atoms with van der Waals surface area (Å²) in [5.41, 5.74) is 0. The first kappa shape index (κ1) is 20.4. The molecule has 26 heavy (non-hydrogen) atoms. The van der Waals surface area contributed by atoms with E-state index in [1.165, 1.54) is 13.0 Å². The Labute approximate surface area is 155 Å². The van der Waals surface area contributed by atoms with Crippen molar-refractivity contribution in [2.75, 3.05) is 19.0 Å². The summed E-state index contributed by atoms with van der Waals surface area (Å²) in [4.78, 5) is 48.4. The Hall–Kier alpha value is -1.91. The molecule has 2 saturated heterocycles. The van der Waals surface area contributed by atoms with Crippen LogP contribution in [0, 0.1) is 0 Å². The van der Waals surface area contributed by atoms with Crippen LogP contribution in [0.25, 0.3) is 0 Å². The predicted molar refractivity (Wildman–Crippen MR) is 91.8 cm³/mol. The first-order valence-corrected chi connectivity index (χ1v) is 9.22. The summed E-state index contributed by atoms with van der Waals surface area (Å²) >= 11 is 1.06. The standard InChI is InChI=1S/C16H22N2O7S/c1-3-6-25-16(23)14(22)18-13(21)12(17-9(2)19)15(18)26-8-10(20)11-5-4-7-24-11/h3,11-12,14-15,22H,1,4-8H2,2H3,(H,17,19). The summed E-state index contributed by atoms with van der Waals surface area (Å²) in [6, 6.07) is -0.920. The van der Waals surface area contributed by atoms with Crippen molar-refractivity contribution in [3.8, 4) is 0 Å². The number of nitrogens with zero attached hydrogens (tertiary/aromatic N) is 1.